The fourth-order valence-corrected chi connectivity index (χ4v) is 3.79. The number of pyridine rings is 1. The lowest BCUT2D eigenvalue weighted by molar-refractivity contribution is 0.108. The molecule has 2 heterocycles. The van der Waals surface area contributed by atoms with Gasteiger partial charge in [-0.2, -0.15) is 0 Å². The molecule has 192 valence electrons. The van der Waals surface area contributed by atoms with Gasteiger partial charge in [-0.1, -0.05) is 18.2 Å². The molecule has 8 N–H and O–H groups in total. The number of nitrogens with one attached hydrogen (secondary N) is 3. The summed E-state index contributed by atoms with van der Waals surface area (Å²) in [6.07, 6.45) is 2.37. The van der Waals surface area contributed by atoms with E-state index in [0.717, 1.165) is 47.6 Å². The zero-order valence-electron chi connectivity index (χ0n) is 20.7. The largest absolute Gasteiger partial charge is 0.491 e. The normalized spacial score (nSPS) is 13.9. The van der Waals surface area contributed by atoms with E-state index in [2.05, 4.69) is 20.9 Å². The Bertz CT molecular complexity index is 1140. The second kappa shape index (κ2) is 12.6. The summed E-state index contributed by atoms with van der Waals surface area (Å²) in [4.78, 5) is 14.3. The number of hydrogen-bond acceptors (Lipinski definition) is 10. The first kappa shape index (κ1) is 25.8. The van der Waals surface area contributed by atoms with Crippen molar-refractivity contribution in [2.45, 2.75) is 44.5 Å². The smallest absolute Gasteiger partial charge is 0.164 e. The molecule has 0 saturated heterocycles. The molecule has 1 aromatic carbocycles. The number of benzene rings is 1. The van der Waals surface area contributed by atoms with Gasteiger partial charge in [0.2, 0.25) is 0 Å². The standard InChI is InChI=1S/C26H36N8O2/c1-29-15-21(35)16-36-22-7-2-4-17(12-22)24-33-25(23(13-28)26(34-24)32-19-8-9-19)30-14-20-6-3-5-18(31-20)10-11-27/h2-7,12,19,21,29,35H,8-11,13-16,27-28H2,1H3,(H2,30,32,33,34). The van der Waals surface area contributed by atoms with E-state index in [1.807, 2.05) is 42.5 Å². The third kappa shape index (κ3) is 7.11. The molecule has 0 amide bonds. The Hall–Kier alpha value is -3.31. The average molecular weight is 493 g/mol. The van der Waals surface area contributed by atoms with Crippen molar-refractivity contribution in [3.8, 4) is 17.1 Å². The number of hydrogen-bond donors (Lipinski definition) is 6. The van der Waals surface area contributed by atoms with Crippen LogP contribution in [0.5, 0.6) is 5.75 Å². The predicted molar refractivity (Wildman–Crippen MR) is 142 cm³/mol. The third-order valence-electron chi connectivity index (χ3n) is 5.81. The van der Waals surface area contributed by atoms with E-state index in [1.165, 1.54) is 0 Å². The van der Waals surface area contributed by atoms with E-state index in [9.17, 15) is 5.11 Å². The summed E-state index contributed by atoms with van der Waals surface area (Å²) in [7, 11) is 1.79. The summed E-state index contributed by atoms with van der Waals surface area (Å²) in [6.45, 7) is 2.00. The summed E-state index contributed by atoms with van der Waals surface area (Å²) in [5.41, 5.74) is 15.3. The van der Waals surface area contributed by atoms with Crippen LogP contribution in [-0.2, 0) is 19.5 Å². The number of rotatable bonds is 14. The van der Waals surface area contributed by atoms with Gasteiger partial charge in [0.25, 0.3) is 0 Å². The molecule has 0 aliphatic heterocycles. The van der Waals surface area contributed by atoms with Crippen LogP contribution in [0.15, 0.2) is 42.5 Å². The van der Waals surface area contributed by atoms with Crippen molar-refractivity contribution in [2.24, 2.45) is 11.5 Å². The SMILES string of the molecule is CNCC(O)COc1cccc(-c2nc(NCc3cccc(CCN)n3)c(CN)c(NC3CC3)n2)c1. The van der Waals surface area contributed by atoms with Crippen molar-refractivity contribution < 1.29 is 9.84 Å². The number of nitrogens with zero attached hydrogens (tertiary/aromatic N) is 3. The number of ether oxygens (including phenoxy) is 1. The average Bonchev–Trinajstić information content (AvgIpc) is 3.71. The number of nitrogens with two attached hydrogens (primary N) is 2. The van der Waals surface area contributed by atoms with Gasteiger partial charge in [0.1, 0.15) is 30.1 Å². The topological polar surface area (TPSA) is 156 Å². The van der Waals surface area contributed by atoms with Gasteiger partial charge in [-0.15, -0.1) is 0 Å². The molecule has 4 rings (SSSR count). The highest BCUT2D eigenvalue weighted by molar-refractivity contribution is 5.67. The van der Waals surface area contributed by atoms with E-state index in [4.69, 9.17) is 26.2 Å². The van der Waals surface area contributed by atoms with Gasteiger partial charge in [0.05, 0.1) is 17.8 Å². The molecule has 1 saturated carbocycles. The molecule has 1 aliphatic carbocycles. The quantitative estimate of drug-likeness (QED) is 0.195. The number of aromatic nitrogens is 3. The predicted octanol–water partition coefficient (Wildman–Crippen LogP) is 1.64. The van der Waals surface area contributed by atoms with Crippen LogP contribution in [0.3, 0.4) is 0 Å². The summed E-state index contributed by atoms with van der Waals surface area (Å²) in [5.74, 6) is 2.62. The summed E-state index contributed by atoms with van der Waals surface area (Å²) < 4.78 is 5.78. The van der Waals surface area contributed by atoms with Crippen molar-refractivity contribution in [1.29, 1.82) is 0 Å². The number of aliphatic hydroxyl groups excluding tert-OH is 1. The third-order valence-corrected chi connectivity index (χ3v) is 5.81. The molecule has 36 heavy (non-hydrogen) atoms. The highest BCUT2D eigenvalue weighted by Crippen LogP contribution is 2.31. The zero-order valence-corrected chi connectivity index (χ0v) is 20.7. The first-order chi connectivity index (χ1) is 17.6. The molecule has 0 bridgehead atoms. The first-order valence-electron chi connectivity index (χ1n) is 12.4. The number of aliphatic hydroxyl groups is 1. The molecule has 1 unspecified atom stereocenters. The Labute approximate surface area is 211 Å². The van der Waals surface area contributed by atoms with Crippen LogP contribution in [0, 0.1) is 0 Å². The van der Waals surface area contributed by atoms with Gasteiger partial charge in [-0.05, 0) is 50.7 Å². The lowest BCUT2D eigenvalue weighted by atomic mass is 10.1. The lowest BCUT2D eigenvalue weighted by Gasteiger charge is -2.17. The van der Waals surface area contributed by atoms with Crippen LogP contribution >= 0.6 is 0 Å². The fourth-order valence-electron chi connectivity index (χ4n) is 3.79. The van der Waals surface area contributed by atoms with E-state index >= 15 is 0 Å². The minimum Gasteiger partial charge on any atom is -0.491 e. The molecule has 0 spiro atoms. The van der Waals surface area contributed by atoms with Crippen molar-refractivity contribution >= 4 is 11.6 Å². The van der Waals surface area contributed by atoms with E-state index < -0.39 is 6.10 Å². The van der Waals surface area contributed by atoms with Crippen LogP contribution in [0.1, 0.15) is 29.8 Å². The molecule has 3 aromatic rings. The van der Waals surface area contributed by atoms with Crippen LogP contribution in [0.25, 0.3) is 11.4 Å². The maximum Gasteiger partial charge on any atom is 0.164 e. The van der Waals surface area contributed by atoms with Gasteiger partial charge >= 0.3 is 0 Å². The second-order valence-corrected chi connectivity index (χ2v) is 8.91. The molecule has 10 heteroatoms. The van der Waals surface area contributed by atoms with Crippen molar-refractivity contribution in [1.82, 2.24) is 20.3 Å². The molecule has 0 radical (unpaired) electrons. The summed E-state index contributed by atoms with van der Waals surface area (Å²) in [6, 6.07) is 13.9. The van der Waals surface area contributed by atoms with Gasteiger partial charge in [0, 0.05) is 36.8 Å². The summed E-state index contributed by atoms with van der Waals surface area (Å²) in [5, 5.41) is 19.8. The van der Waals surface area contributed by atoms with Gasteiger partial charge in [-0.25, -0.2) is 9.97 Å². The molecule has 1 aliphatic rings. The minimum atomic E-state index is -0.596. The Morgan fingerprint density at radius 2 is 1.83 bits per heavy atom. The maximum absolute atomic E-state index is 9.97. The van der Waals surface area contributed by atoms with Gasteiger partial charge < -0.3 is 37.3 Å². The molecule has 10 nitrogen and oxygen atoms in total. The number of anilines is 2. The Kier molecular flexibility index (Phi) is 9.01. The Morgan fingerprint density at radius 1 is 1.06 bits per heavy atom. The van der Waals surface area contributed by atoms with Gasteiger partial charge in [-0.3, -0.25) is 4.98 Å². The lowest BCUT2D eigenvalue weighted by Crippen LogP contribution is -2.29. The Morgan fingerprint density at radius 3 is 2.58 bits per heavy atom. The van der Waals surface area contributed by atoms with Crippen LogP contribution < -0.4 is 32.2 Å². The summed E-state index contributed by atoms with van der Waals surface area (Å²) >= 11 is 0. The Balaban J connectivity index is 1.59. The van der Waals surface area contributed by atoms with Crippen molar-refractivity contribution in [3.05, 3.63) is 59.4 Å². The van der Waals surface area contributed by atoms with Crippen molar-refractivity contribution in [3.63, 3.8) is 0 Å². The van der Waals surface area contributed by atoms with Gasteiger partial charge in [0.15, 0.2) is 5.82 Å². The fraction of sp³-hybridized carbons (Fsp3) is 0.423. The highest BCUT2D eigenvalue weighted by Gasteiger charge is 2.24. The van der Waals surface area contributed by atoms with Crippen LogP contribution in [0.4, 0.5) is 11.6 Å². The molecule has 1 atom stereocenters. The minimum absolute atomic E-state index is 0.189. The molecular formula is C26H36N8O2. The second-order valence-electron chi connectivity index (χ2n) is 8.91. The highest BCUT2D eigenvalue weighted by atomic mass is 16.5. The molecule has 1 fully saturated rings. The van der Waals surface area contributed by atoms with E-state index in [0.29, 0.717) is 49.6 Å². The van der Waals surface area contributed by atoms with Crippen LogP contribution in [-0.4, -0.2) is 58.9 Å². The zero-order chi connectivity index (χ0) is 25.3. The maximum atomic E-state index is 9.97. The molecule has 2 aromatic heterocycles. The van der Waals surface area contributed by atoms with E-state index in [1.54, 1.807) is 7.05 Å². The number of likely N-dealkylation sites (N-methyl/N-ethyl adjacent to an activating group) is 1. The monoisotopic (exact) mass is 492 g/mol. The first-order valence-corrected chi connectivity index (χ1v) is 12.4. The molecular weight excluding hydrogens is 456 g/mol. The van der Waals surface area contributed by atoms with E-state index in [-0.39, 0.29) is 6.61 Å². The van der Waals surface area contributed by atoms with Crippen LogP contribution in [0.2, 0.25) is 0 Å². The van der Waals surface area contributed by atoms with Crippen molar-refractivity contribution in [2.75, 3.05) is 37.4 Å².